The zero-order valence-corrected chi connectivity index (χ0v) is 8.63. The van der Waals surface area contributed by atoms with Crippen LogP contribution < -0.4 is 5.32 Å². The Balaban J connectivity index is 0. The number of nitrogens with zero attached hydrogens (tertiary/aromatic N) is 1. The fraction of sp³-hybridized carbons (Fsp3) is 1.00. The topological polar surface area (TPSA) is 44.7 Å². The van der Waals surface area contributed by atoms with E-state index in [0.29, 0.717) is 13.2 Å². The van der Waals surface area contributed by atoms with Crippen LogP contribution in [0.25, 0.3) is 0 Å². The SMILES string of the molecule is CN(C)CCOCCO.CNC. The Labute approximate surface area is 75.5 Å². The summed E-state index contributed by atoms with van der Waals surface area (Å²) in [6.45, 7) is 2.19. The Morgan fingerprint density at radius 2 is 1.75 bits per heavy atom. The van der Waals surface area contributed by atoms with Crippen molar-refractivity contribution in [1.29, 1.82) is 0 Å². The lowest BCUT2D eigenvalue weighted by Crippen LogP contribution is -2.18. The first-order chi connectivity index (χ1) is 5.68. The molecule has 0 fully saturated rings. The maximum Gasteiger partial charge on any atom is 0.0698 e. The molecule has 0 amide bonds. The van der Waals surface area contributed by atoms with Gasteiger partial charge in [0, 0.05) is 6.54 Å². The largest absolute Gasteiger partial charge is 0.394 e. The van der Waals surface area contributed by atoms with Gasteiger partial charge in [-0.25, -0.2) is 0 Å². The Hall–Kier alpha value is -0.160. The molecule has 4 nitrogen and oxygen atoms in total. The molecule has 76 valence electrons. The number of hydrogen-bond donors (Lipinski definition) is 2. The second-order valence-corrected chi connectivity index (χ2v) is 2.64. The molecule has 0 bridgehead atoms. The van der Waals surface area contributed by atoms with E-state index in [1.807, 2.05) is 33.1 Å². The summed E-state index contributed by atoms with van der Waals surface area (Å²) < 4.78 is 5.00. The number of aliphatic hydroxyl groups excluding tert-OH is 1. The molecule has 0 aromatic carbocycles. The molecule has 0 saturated carbocycles. The third-order valence-electron chi connectivity index (χ3n) is 0.918. The molecule has 0 heterocycles. The zero-order chi connectivity index (χ0) is 9.82. The van der Waals surface area contributed by atoms with E-state index in [9.17, 15) is 0 Å². The average molecular weight is 178 g/mol. The molecule has 0 rings (SSSR count). The van der Waals surface area contributed by atoms with E-state index >= 15 is 0 Å². The maximum absolute atomic E-state index is 8.29. The van der Waals surface area contributed by atoms with Gasteiger partial charge >= 0.3 is 0 Å². The van der Waals surface area contributed by atoms with Gasteiger partial charge in [-0.3, -0.25) is 0 Å². The molecular weight excluding hydrogens is 156 g/mol. The molecule has 0 aromatic rings. The Kier molecular flexibility index (Phi) is 16.1. The molecule has 0 aliphatic rings. The lowest BCUT2D eigenvalue weighted by atomic mass is 10.6. The molecule has 0 aliphatic heterocycles. The summed E-state index contributed by atoms with van der Waals surface area (Å²) in [5.41, 5.74) is 0. The van der Waals surface area contributed by atoms with Crippen LogP contribution in [0.5, 0.6) is 0 Å². The van der Waals surface area contributed by atoms with Crippen molar-refractivity contribution in [2.24, 2.45) is 0 Å². The minimum atomic E-state index is 0.118. The first kappa shape index (κ1) is 14.4. The van der Waals surface area contributed by atoms with Crippen LogP contribution in [0.1, 0.15) is 0 Å². The highest BCUT2D eigenvalue weighted by Gasteiger charge is 1.88. The highest BCUT2D eigenvalue weighted by molar-refractivity contribution is 4.38. The van der Waals surface area contributed by atoms with E-state index in [2.05, 4.69) is 5.32 Å². The van der Waals surface area contributed by atoms with Crippen LogP contribution >= 0.6 is 0 Å². The normalized spacial score (nSPS) is 9.50. The fourth-order valence-electron chi connectivity index (χ4n) is 0.414. The fourth-order valence-corrected chi connectivity index (χ4v) is 0.414. The number of ether oxygens (including phenoxy) is 1. The van der Waals surface area contributed by atoms with Gasteiger partial charge in [-0.2, -0.15) is 0 Å². The lowest BCUT2D eigenvalue weighted by Gasteiger charge is -2.08. The van der Waals surface area contributed by atoms with E-state index in [4.69, 9.17) is 9.84 Å². The van der Waals surface area contributed by atoms with Gasteiger partial charge in [0.1, 0.15) is 0 Å². The summed E-state index contributed by atoms with van der Waals surface area (Å²) >= 11 is 0. The van der Waals surface area contributed by atoms with Crippen LogP contribution in [0.2, 0.25) is 0 Å². The third kappa shape index (κ3) is 22.5. The molecule has 0 radical (unpaired) electrons. The minimum Gasteiger partial charge on any atom is -0.394 e. The van der Waals surface area contributed by atoms with Crippen molar-refractivity contribution in [2.75, 3.05) is 54.6 Å². The minimum absolute atomic E-state index is 0.118. The number of likely N-dealkylation sites (N-methyl/N-ethyl adjacent to an activating group) is 1. The standard InChI is InChI=1S/C6H15NO2.C2H7N/c1-7(2)3-5-9-6-4-8;1-3-2/h8H,3-6H2,1-2H3;3H,1-2H3. The van der Waals surface area contributed by atoms with Crippen molar-refractivity contribution in [3.63, 3.8) is 0 Å². The molecule has 0 unspecified atom stereocenters. The van der Waals surface area contributed by atoms with E-state index in [0.717, 1.165) is 6.54 Å². The second kappa shape index (κ2) is 13.4. The van der Waals surface area contributed by atoms with Crippen LogP contribution in [-0.2, 0) is 4.74 Å². The third-order valence-corrected chi connectivity index (χ3v) is 0.918. The van der Waals surface area contributed by atoms with Crippen molar-refractivity contribution in [3.05, 3.63) is 0 Å². The van der Waals surface area contributed by atoms with Crippen LogP contribution in [-0.4, -0.2) is 64.6 Å². The average Bonchev–Trinajstić information content (AvgIpc) is 1.99. The summed E-state index contributed by atoms with van der Waals surface area (Å²) in [4.78, 5) is 2.04. The van der Waals surface area contributed by atoms with Gasteiger partial charge in [0.15, 0.2) is 0 Å². The van der Waals surface area contributed by atoms with Crippen molar-refractivity contribution in [3.8, 4) is 0 Å². The quantitative estimate of drug-likeness (QED) is 0.551. The number of aliphatic hydroxyl groups is 1. The van der Waals surface area contributed by atoms with E-state index in [1.54, 1.807) is 0 Å². The summed E-state index contributed by atoms with van der Waals surface area (Å²) in [5, 5.41) is 11.0. The van der Waals surface area contributed by atoms with Crippen LogP contribution in [0.3, 0.4) is 0 Å². The number of nitrogens with one attached hydrogen (secondary N) is 1. The highest BCUT2D eigenvalue weighted by Crippen LogP contribution is 1.76. The molecule has 0 saturated heterocycles. The van der Waals surface area contributed by atoms with Crippen LogP contribution in [0.4, 0.5) is 0 Å². The van der Waals surface area contributed by atoms with Gasteiger partial charge in [0.2, 0.25) is 0 Å². The predicted molar refractivity (Wildman–Crippen MR) is 51.4 cm³/mol. The summed E-state index contributed by atoms with van der Waals surface area (Å²) in [6, 6.07) is 0. The molecule has 2 N–H and O–H groups in total. The van der Waals surface area contributed by atoms with E-state index < -0.39 is 0 Å². The Morgan fingerprint density at radius 3 is 2.08 bits per heavy atom. The first-order valence-electron chi connectivity index (χ1n) is 4.10. The lowest BCUT2D eigenvalue weighted by molar-refractivity contribution is 0.0821. The molecule has 0 atom stereocenters. The molecule has 12 heavy (non-hydrogen) atoms. The monoisotopic (exact) mass is 178 g/mol. The van der Waals surface area contributed by atoms with Gasteiger partial charge < -0.3 is 20.1 Å². The molecule has 4 heteroatoms. The number of hydrogen-bond acceptors (Lipinski definition) is 4. The summed E-state index contributed by atoms with van der Waals surface area (Å²) in [5.74, 6) is 0. The Morgan fingerprint density at radius 1 is 1.25 bits per heavy atom. The highest BCUT2D eigenvalue weighted by atomic mass is 16.5. The van der Waals surface area contributed by atoms with Gasteiger partial charge in [-0.15, -0.1) is 0 Å². The molecular formula is C8H22N2O2. The van der Waals surface area contributed by atoms with Crippen LogP contribution in [0, 0.1) is 0 Å². The van der Waals surface area contributed by atoms with E-state index in [-0.39, 0.29) is 6.61 Å². The van der Waals surface area contributed by atoms with Gasteiger partial charge in [0.05, 0.1) is 19.8 Å². The molecule has 0 aliphatic carbocycles. The van der Waals surface area contributed by atoms with E-state index in [1.165, 1.54) is 0 Å². The summed E-state index contributed by atoms with van der Waals surface area (Å²) in [6.07, 6.45) is 0. The predicted octanol–water partition coefficient (Wildman–Crippen LogP) is -0.607. The first-order valence-corrected chi connectivity index (χ1v) is 4.10. The second-order valence-electron chi connectivity index (χ2n) is 2.64. The van der Waals surface area contributed by atoms with Gasteiger partial charge in [-0.1, -0.05) is 0 Å². The molecule has 0 spiro atoms. The maximum atomic E-state index is 8.29. The van der Waals surface area contributed by atoms with Crippen molar-refractivity contribution in [2.45, 2.75) is 0 Å². The smallest absolute Gasteiger partial charge is 0.0698 e. The molecule has 0 aromatic heterocycles. The van der Waals surface area contributed by atoms with Crippen molar-refractivity contribution < 1.29 is 9.84 Å². The van der Waals surface area contributed by atoms with Gasteiger partial charge in [0.25, 0.3) is 0 Å². The van der Waals surface area contributed by atoms with Crippen molar-refractivity contribution in [1.82, 2.24) is 10.2 Å². The Bertz CT molecular complexity index is 70.1. The van der Waals surface area contributed by atoms with Gasteiger partial charge in [-0.05, 0) is 28.2 Å². The number of rotatable bonds is 5. The zero-order valence-electron chi connectivity index (χ0n) is 8.63. The summed E-state index contributed by atoms with van der Waals surface area (Å²) in [7, 11) is 7.73. The van der Waals surface area contributed by atoms with Crippen LogP contribution in [0.15, 0.2) is 0 Å². The van der Waals surface area contributed by atoms with Crippen molar-refractivity contribution >= 4 is 0 Å².